The van der Waals surface area contributed by atoms with Gasteiger partial charge in [0.1, 0.15) is 11.3 Å². The monoisotopic (exact) mass is 217 g/mol. The largest absolute Gasteiger partial charge is 0.343 e. The molecule has 0 aliphatic rings. The minimum Gasteiger partial charge on any atom is -0.343 e. The minimum absolute atomic E-state index is 0.0196. The first-order valence-corrected chi connectivity index (χ1v) is 5.17. The van der Waals surface area contributed by atoms with Crippen molar-refractivity contribution in [3.8, 4) is 0 Å². The van der Waals surface area contributed by atoms with Crippen LogP contribution in [-0.2, 0) is 0 Å². The average molecular weight is 217 g/mol. The fourth-order valence-corrected chi connectivity index (χ4v) is 1.73. The maximum atomic E-state index is 12.0. The van der Waals surface area contributed by atoms with Crippen molar-refractivity contribution in [1.29, 1.82) is 0 Å². The number of aryl methyl sites for hydroxylation is 2. The highest BCUT2D eigenvalue weighted by Crippen LogP contribution is 2.14. The Morgan fingerprint density at radius 2 is 2.06 bits per heavy atom. The third-order valence-electron chi connectivity index (χ3n) is 2.56. The van der Waals surface area contributed by atoms with E-state index in [2.05, 4.69) is 4.98 Å². The zero-order valence-corrected chi connectivity index (χ0v) is 9.98. The number of hydrogen-bond donors (Lipinski definition) is 0. The van der Waals surface area contributed by atoms with E-state index in [1.807, 2.05) is 36.6 Å². The lowest BCUT2D eigenvalue weighted by atomic mass is 10.3. The number of pyridine rings is 1. The summed E-state index contributed by atoms with van der Waals surface area (Å²) in [5, 5.41) is 0. The lowest BCUT2D eigenvalue weighted by molar-refractivity contribution is 0.0820. The van der Waals surface area contributed by atoms with Crippen molar-refractivity contribution < 1.29 is 4.79 Å². The zero-order valence-electron chi connectivity index (χ0n) is 9.98. The van der Waals surface area contributed by atoms with Gasteiger partial charge in [0.15, 0.2) is 0 Å². The minimum atomic E-state index is -0.0196. The molecule has 1 amide bonds. The Morgan fingerprint density at radius 3 is 2.69 bits per heavy atom. The molecule has 4 nitrogen and oxygen atoms in total. The van der Waals surface area contributed by atoms with Crippen LogP contribution in [0.5, 0.6) is 0 Å². The van der Waals surface area contributed by atoms with Crippen LogP contribution in [0.4, 0.5) is 0 Å². The molecule has 16 heavy (non-hydrogen) atoms. The number of amides is 1. The first kappa shape index (κ1) is 10.7. The highest BCUT2D eigenvalue weighted by atomic mass is 16.2. The number of imidazole rings is 1. The van der Waals surface area contributed by atoms with Crippen molar-refractivity contribution in [2.24, 2.45) is 0 Å². The molecule has 2 heterocycles. The molecule has 0 aliphatic carbocycles. The number of nitrogens with zero attached hydrogens (tertiary/aromatic N) is 3. The molecule has 2 aromatic heterocycles. The molecule has 0 aromatic carbocycles. The zero-order chi connectivity index (χ0) is 11.9. The van der Waals surface area contributed by atoms with Gasteiger partial charge in [-0.2, -0.15) is 0 Å². The van der Waals surface area contributed by atoms with E-state index in [0.29, 0.717) is 5.69 Å². The fourth-order valence-electron chi connectivity index (χ4n) is 1.73. The van der Waals surface area contributed by atoms with Gasteiger partial charge in [-0.3, -0.25) is 9.20 Å². The fraction of sp³-hybridized carbons (Fsp3) is 0.333. The number of carbonyl (C=O) groups excluding carboxylic acids is 1. The summed E-state index contributed by atoms with van der Waals surface area (Å²) in [6, 6.07) is 3.94. The Balaban J connectivity index is 2.70. The third kappa shape index (κ3) is 1.56. The maximum Gasteiger partial charge on any atom is 0.272 e. The van der Waals surface area contributed by atoms with Crippen LogP contribution in [0.15, 0.2) is 18.3 Å². The molecule has 4 heteroatoms. The van der Waals surface area contributed by atoms with E-state index in [9.17, 15) is 4.79 Å². The van der Waals surface area contributed by atoms with E-state index >= 15 is 0 Å². The second kappa shape index (κ2) is 3.63. The molecule has 0 saturated heterocycles. The Bertz CT molecular complexity index is 555. The molecule has 84 valence electrons. The van der Waals surface area contributed by atoms with Gasteiger partial charge in [-0.15, -0.1) is 0 Å². The first-order valence-electron chi connectivity index (χ1n) is 5.17. The molecule has 0 atom stereocenters. The molecule has 0 aliphatic heterocycles. The summed E-state index contributed by atoms with van der Waals surface area (Å²) in [4.78, 5) is 17.9. The van der Waals surface area contributed by atoms with E-state index in [0.717, 1.165) is 16.9 Å². The van der Waals surface area contributed by atoms with Crippen LogP contribution < -0.4 is 0 Å². The van der Waals surface area contributed by atoms with Crippen LogP contribution in [0, 0.1) is 13.8 Å². The molecule has 0 unspecified atom stereocenters. The molecule has 0 bridgehead atoms. The van der Waals surface area contributed by atoms with Crippen molar-refractivity contribution in [1.82, 2.24) is 14.3 Å². The van der Waals surface area contributed by atoms with Crippen LogP contribution in [0.1, 0.15) is 21.7 Å². The van der Waals surface area contributed by atoms with Crippen LogP contribution >= 0.6 is 0 Å². The van der Waals surface area contributed by atoms with Gasteiger partial charge in [-0.1, -0.05) is 0 Å². The van der Waals surface area contributed by atoms with Gasteiger partial charge >= 0.3 is 0 Å². The summed E-state index contributed by atoms with van der Waals surface area (Å²) >= 11 is 0. The highest BCUT2D eigenvalue weighted by Gasteiger charge is 2.17. The Labute approximate surface area is 94.5 Å². The molecule has 0 fully saturated rings. The standard InChI is InChI=1S/C12H15N3O/c1-8-5-6-15-10(7-8)13-9(2)11(15)12(16)14(3)4/h5-7H,1-4H3. The number of aromatic nitrogens is 2. The third-order valence-corrected chi connectivity index (χ3v) is 2.56. The van der Waals surface area contributed by atoms with Crippen molar-refractivity contribution in [3.05, 3.63) is 35.3 Å². The van der Waals surface area contributed by atoms with E-state index in [1.54, 1.807) is 19.0 Å². The van der Waals surface area contributed by atoms with Crippen LogP contribution in [0.2, 0.25) is 0 Å². The SMILES string of the molecule is Cc1ccn2c(C(=O)N(C)C)c(C)nc2c1. The van der Waals surface area contributed by atoms with Crippen molar-refractivity contribution in [3.63, 3.8) is 0 Å². The molecule has 0 spiro atoms. The van der Waals surface area contributed by atoms with Gasteiger partial charge < -0.3 is 4.90 Å². The van der Waals surface area contributed by atoms with Gasteiger partial charge in [0.25, 0.3) is 5.91 Å². The van der Waals surface area contributed by atoms with Crippen LogP contribution in [-0.4, -0.2) is 34.3 Å². The predicted molar refractivity (Wildman–Crippen MR) is 62.7 cm³/mol. The lowest BCUT2D eigenvalue weighted by Crippen LogP contribution is -2.23. The Morgan fingerprint density at radius 1 is 1.38 bits per heavy atom. The van der Waals surface area contributed by atoms with Gasteiger partial charge in [-0.25, -0.2) is 4.98 Å². The molecular weight excluding hydrogens is 202 g/mol. The van der Waals surface area contributed by atoms with E-state index in [4.69, 9.17) is 0 Å². The summed E-state index contributed by atoms with van der Waals surface area (Å²) in [6.45, 7) is 3.87. The Kier molecular flexibility index (Phi) is 2.42. The summed E-state index contributed by atoms with van der Waals surface area (Å²) in [5.74, 6) is -0.0196. The molecule has 0 saturated carbocycles. The van der Waals surface area contributed by atoms with Gasteiger partial charge in [0, 0.05) is 20.3 Å². The summed E-state index contributed by atoms with van der Waals surface area (Å²) in [7, 11) is 3.49. The second-order valence-electron chi connectivity index (χ2n) is 4.18. The van der Waals surface area contributed by atoms with Gasteiger partial charge in [0.2, 0.25) is 0 Å². The predicted octanol–water partition coefficient (Wildman–Crippen LogP) is 1.65. The molecule has 0 N–H and O–H groups in total. The summed E-state index contributed by atoms with van der Waals surface area (Å²) in [6.07, 6.45) is 1.89. The maximum absolute atomic E-state index is 12.0. The molecular formula is C12H15N3O. The smallest absolute Gasteiger partial charge is 0.272 e. The highest BCUT2D eigenvalue weighted by molar-refractivity contribution is 5.94. The number of rotatable bonds is 1. The van der Waals surface area contributed by atoms with Crippen molar-refractivity contribution >= 4 is 11.6 Å². The summed E-state index contributed by atoms with van der Waals surface area (Å²) in [5.41, 5.74) is 3.37. The van der Waals surface area contributed by atoms with E-state index in [1.165, 1.54) is 0 Å². The first-order chi connectivity index (χ1) is 7.50. The number of hydrogen-bond acceptors (Lipinski definition) is 2. The van der Waals surface area contributed by atoms with E-state index < -0.39 is 0 Å². The van der Waals surface area contributed by atoms with Crippen molar-refractivity contribution in [2.75, 3.05) is 14.1 Å². The molecule has 2 aromatic rings. The summed E-state index contributed by atoms with van der Waals surface area (Å²) < 4.78 is 1.84. The van der Waals surface area contributed by atoms with Gasteiger partial charge in [0.05, 0.1) is 5.69 Å². The van der Waals surface area contributed by atoms with Crippen LogP contribution in [0.25, 0.3) is 5.65 Å². The quantitative estimate of drug-likeness (QED) is 0.728. The lowest BCUT2D eigenvalue weighted by Gasteiger charge is -2.10. The molecule has 2 rings (SSSR count). The van der Waals surface area contributed by atoms with E-state index in [-0.39, 0.29) is 5.91 Å². The second-order valence-corrected chi connectivity index (χ2v) is 4.18. The van der Waals surface area contributed by atoms with Crippen molar-refractivity contribution in [2.45, 2.75) is 13.8 Å². The average Bonchev–Trinajstić information content (AvgIpc) is 2.51. The van der Waals surface area contributed by atoms with Gasteiger partial charge in [-0.05, 0) is 31.5 Å². The van der Waals surface area contributed by atoms with Crippen LogP contribution in [0.3, 0.4) is 0 Å². The molecule has 0 radical (unpaired) electrons. The number of fused-ring (bicyclic) bond motifs is 1. The normalized spacial score (nSPS) is 10.8. The Hall–Kier alpha value is -1.84. The topological polar surface area (TPSA) is 37.6 Å². The number of carbonyl (C=O) groups is 1.